The second-order valence-electron chi connectivity index (χ2n) is 7.44. The summed E-state index contributed by atoms with van der Waals surface area (Å²) in [6, 6.07) is 12.4. The van der Waals surface area contributed by atoms with Gasteiger partial charge in [-0.05, 0) is 62.4 Å². The van der Waals surface area contributed by atoms with E-state index in [0.29, 0.717) is 15.9 Å². The molecule has 2 heterocycles. The van der Waals surface area contributed by atoms with Crippen molar-refractivity contribution in [3.8, 4) is 5.75 Å². The van der Waals surface area contributed by atoms with Crippen LogP contribution in [0.25, 0.3) is 10.9 Å². The first-order valence-corrected chi connectivity index (χ1v) is 11.6. The molecule has 1 fully saturated rings. The van der Waals surface area contributed by atoms with E-state index in [1.807, 2.05) is 13.8 Å². The highest BCUT2D eigenvalue weighted by Gasteiger charge is 2.32. The van der Waals surface area contributed by atoms with Crippen LogP contribution in [0.3, 0.4) is 0 Å². The van der Waals surface area contributed by atoms with Crippen LogP contribution in [-0.4, -0.2) is 49.0 Å². The molecule has 0 unspecified atom stereocenters. The van der Waals surface area contributed by atoms with E-state index in [1.54, 1.807) is 30.5 Å². The van der Waals surface area contributed by atoms with Crippen molar-refractivity contribution in [3.05, 3.63) is 65.3 Å². The zero-order valence-electron chi connectivity index (χ0n) is 17.0. The van der Waals surface area contributed by atoms with Crippen LogP contribution in [0.1, 0.15) is 24.2 Å². The molecule has 0 bridgehead atoms. The number of esters is 1. The number of benzene rings is 2. The number of halogens is 1. The van der Waals surface area contributed by atoms with Gasteiger partial charge in [0, 0.05) is 24.7 Å². The first kappa shape index (κ1) is 21.7. The maximum atomic E-state index is 13.0. The average Bonchev–Trinajstić information content (AvgIpc) is 2.75. The lowest BCUT2D eigenvalue weighted by Gasteiger charge is -2.34. The lowest BCUT2D eigenvalue weighted by atomic mass is 10.2. The van der Waals surface area contributed by atoms with Gasteiger partial charge in [-0.2, -0.15) is 4.31 Å². The van der Waals surface area contributed by atoms with Crippen molar-refractivity contribution in [1.82, 2.24) is 9.29 Å². The van der Waals surface area contributed by atoms with Gasteiger partial charge in [0.25, 0.3) is 0 Å². The van der Waals surface area contributed by atoms with Crippen molar-refractivity contribution in [3.63, 3.8) is 0 Å². The van der Waals surface area contributed by atoms with Gasteiger partial charge in [0.15, 0.2) is 5.75 Å². The third kappa shape index (κ3) is 4.43. The van der Waals surface area contributed by atoms with Crippen LogP contribution in [-0.2, 0) is 14.8 Å². The molecule has 2 aromatic carbocycles. The molecule has 1 saturated heterocycles. The van der Waals surface area contributed by atoms with E-state index in [0.717, 1.165) is 0 Å². The number of morpholine rings is 1. The van der Waals surface area contributed by atoms with Crippen molar-refractivity contribution < 1.29 is 22.7 Å². The van der Waals surface area contributed by atoms with Crippen molar-refractivity contribution in [2.75, 3.05) is 13.1 Å². The highest BCUT2D eigenvalue weighted by molar-refractivity contribution is 7.89. The lowest BCUT2D eigenvalue weighted by molar-refractivity contribution is -0.0440. The molecule has 31 heavy (non-hydrogen) atoms. The zero-order chi connectivity index (χ0) is 22.2. The van der Waals surface area contributed by atoms with E-state index in [2.05, 4.69) is 4.98 Å². The van der Waals surface area contributed by atoms with Gasteiger partial charge < -0.3 is 9.47 Å². The number of nitrogens with zero attached hydrogens (tertiary/aromatic N) is 2. The molecule has 0 spiro atoms. The van der Waals surface area contributed by atoms with Crippen molar-refractivity contribution in [2.24, 2.45) is 0 Å². The normalized spacial score (nSPS) is 20.0. The Balaban J connectivity index is 1.55. The quantitative estimate of drug-likeness (QED) is 0.433. The lowest BCUT2D eigenvalue weighted by Crippen LogP contribution is -2.48. The summed E-state index contributed by atoms with van der Waals surface area (Å²) in [5.74, 6) is -0.343. The molecule has 1 aromatic heterocycles. The number of ether oxygens (including phenoxy) is 2. The number of hydrogen-bond donors (Lipinski definition) is 0. The summed E-state index contributed by atoms with van der Waals surface area (Å²) in [6.45, 7) is 4.25. The number of aromatic nitrogens is 1. The first-order valence-electron chi connectivity index (χ1n) is 9.77. The van der Waals surface area contributed by atoms with Crippen molar-refractivity contribution in [2.45, 2.75) is 31.0 Å². The molecule has 0 N–H and O–H groups in total. The fourth-order valence-corrected chi connectivity index (χ4v) is 5.40. The molecule has 2 atom stereocenters. The summed E-state index contributed by atoms with van der Waals surface area (Å²) < 4.78 is 38.4. The minimum absolute atomic E-state index is 0.115. The second kappa shape index (κ2) is 8.55. The Hall–Kier alpha value is -2.52. The Morgan fingerprint density at radius 2 is 1.77 bits per heavy atom. The number of pyridine rings is 1. The van der Waals surface area contributed by atoms with E-state index in [-0.39, 0.29) is 41.5 Å². The fourth-order valence-electron chi connectivity index (χ4n) is 3.59. The number of carbonyl (C=O) groups is 1. The molecule has 1 aliphatic heterocycles. The van der Waals surface area contributed by atoms with E-state index >= 15 is 0 Å². The van der Waals surface area contributed by atoms with E-state index < -0.39 is 16.0 Å². The SMILES string of the molecule is C[C@@H]1CN(S(=O)(=O)c2ccc(C(=O)Oc3ccc(Cl)c4cccnc34)cc2)C[C@@H](C)O1. The molecule has 1 aliphatic rings. The van der Waals surface area contributed by atoms with Crippen LogP contribution in [0.5, 0.6) is 5.75 Å². The number of rotatable bonds is 4. The van der Waals surface area contributed by atoms with Crippen LogP contribution in [0, 0.1) is 0 Å². The maximum absolute atomic E-state index is 13.0. The minimum atomic E-state index is -3.69. The number of hydrogen-bond acceptors (Lipinski definition) is 6. The third-order valence-electron chi connectivity index (χ3n) is 5.00. The van der Waals surface area contributed by atoms with Crippen LogP contribution in [0.4, 0.5) is 0 Å². The summed E-state index contributed by atoms with van der Waals surface area (Å²) in [4.78, 5) is 17.0. The predicted octanol–water partition coefficient (Wildman–Crippen LogP) is 3.91. The van der Waals surface area contributed by atoms with Gasteiger partial charge in [0.2, 0.25) is 10.0 Å². The molecule has 7 nitrogen and oxygen atoms in total. The summed E-state index contributed by atoms with van der Waals surface area (Å²) in [7, 11) is -3.69. The van der Waals surface area contributed by atoms with Crippen LogP contribution in [0.2, 0.25) is 5.02 Å². The topological polar surface area (TPSA) is 85.8 Å². The van der Waals surface area contributed by atoms with Gasteiger partial charge in [0.05, 0.1) is 27.7 Å². The predicted molar refractivity (Wildman–Crippen MR) is 117 cm³/mol. The Morgan fingerprint density at radius 3 is 2.45 bits per heavy atom. The minimum Gasteiger partial charge on any atom is -0.421 e. The Labute approximate surface area is 185 Å². The standard InChI is InChI=1S/C22H21ClN2O5S/c1-14-12-25(13-15(2)29-14)31(27,28)17-7-5-16(6-8-17)22(26)30-20-10-9-19(23)18-4-3-11-24-21(18)20/h3-11,14-15H,12-13H2,1-2H3/t14-,15-/m1/s1. The fraction of sp³-hybridized carbons (Fsp3) is 0.273. The molecule has 162 valence electrons. The molecule has 0 saturated carbocycles. The number of fused-ring (bicyclic) bond motifs is 1. The molecule has 0 radical (unpaired) electrons. The highest BCUT2D eigenvalue weighted by Crippen LogP contribution is 2.30. The zero-order valence-corrected chi connectivity index (χ0v) is 18.6. The van der Waals surface area contributed by atoms with Gasteiger partial charge in [-0.1, -0.05) is 11.6 Å². The van der Waals surface area contributed by atoms with Gasteiger partial charge in [-0.25, -0.2) is 13.2 Å². The summed E-state index contributed by atoms with van der Waals surface area (Å²) in [6.07, 6.45) is 1.22. The maximum Gasteiger partial charge on any atom is 0.343 e. The number of sulfonamides is 1. The van der Waals surface area contributed by atoms with Crippen molar-refractivity contribution in [1.29, 1.82) is 0 Å². The van der Waals surface area contributed by atoms with Gasteiger partial charge in [-0.3, -0.25) is 4.98 Å². The summed E-state index contributed by atoms with van der Waals surface area (Å²) in [5.41, 5.74) is 0.694. The average molecular weight is 461 g/mol. The molecule has 3 aromatic rings. The molecule has 0 aliphatic carbocycles. The van der Waals surface area contributed by atoms with E-state index in [4.69, 9.17) is 21.1 Å². The number of carbonyl (C=O) groups excluding carboxylic acids is 1. The largest absolute Gasteiger partial charge is 0.421 e. The van der Waals surface area contributed by atoms with Gasteiger partial charge in [0.1, 0.15) is 5.52 Å². The summed E-state index contributed by atoms with van der Waals surface area (Å²) in [5, 5.41) is 1.18. The van der Waals surface area contributed by atoms with Crippen molar-refractivity contribution >= 4 is 38.5 Å². The van der Waals surface area contributed by atoms with E-state index in [9.17, 15) is 13.2 Å². The molecule has 4 rings (SSSR count). The molecule has 9 heteroatoms. The molecular weight excluding hydrogens is 440 g/mol. The van der Waals surface area contributed by atoms with Gasteiger partial charge in [-0.15, -0.1) is 0 Å². The second-order valence-corrected chi connectivity index (χ2v) is 9.78. The Morgan fingerprint density at radius 1 is 1.10 bits per heavy atom. The Kier molecular flexibility index (Phi) is 5.98. The monoisotopic (exact) mass is 460 g/mol. The Bertz CT molecular complexity index is 1220. The third-order valence-corrected chi connectivity index (χ3v) is 7.17. The molecular formula is C22H21ClN2O5S. The van der Waals surface area contributed by atoms with E-state index in [1.165, 1.54) is 28.6 Å². The summed E-state index contributed by atoms with van der Waals surface area (Å²) >= 11 is 6.18. The smallest absolute Gasteiger partial charge is 0.343 e. The van der Waals surface area contributed by atoms with Crippen LogP contribution in [0.15, 0.2) is 59.6 Å². The van der Waals surface area contributed by atoms with Crippen LogP contribution >= 0.6 is 11.6 Å². The van der Waals surface area contributed by atoms with Crippen LogP contribution < -0.4 is 4.74 Å². The molecule has 0 amide bonds. The highest BCUT2D eigenvalue weighted by atomic mass is 35.5. The first-order chi connectivity index (χ1) is 14.8. The van der Waals surface area contributed by atoms with Gasteiger partial charge >= 0.3 is 5.97 Å².